The molecule has 3 atom stereocenters. The fraction of sp³-hybridized carbons (Fsp3) is 0.429. The molecule has 0 amide bonds. The molecule has 5 heteroatoms. The molecule has 0 unspecified atom stereocenters. The van der Waals surface area contributed by atoms with Crippen LogP contribution in [0.4, 0.5) is 0 Å². The van der Waals surface area contributed by atoms with Gasteiger partial charge in [-0.2, -0.15) is 0 Å². The van der Waals surface area contributed by atoms with Crippen LogP contribution in [0.15, 0.2) is 53.0 Å². The van der Waals surface area contributed by atoms with Crippen molar-refractivity contribution in [3.05, 3.63) is 64.1 Å². The lowest BCUT2D eigenvalue weighted by molar-refractivity contribution is 0.0604. The maximum Gasteiger partial charge on any atom is 0.124 e. The molecule has 0 aliphatic carbocycles. The average Bonchev–Trinajstić information content (AvgIpc) is 2.60. The van der Waals surface area contributed by atoms with Gasteiger partial charge in [-0.3, -0.25) is 0 Å². The monoisotopic (exact) mass is 418 g/mol. The van der Waals surface area contributed by atoms with Crippen molar-refractivity contribution in [3.8, 4) is 5.75 Å². The van der Waals surface area contributed by atoms with E-state index < -0.39 is 6.10 Å². The molecule has 1 aliphatic heterocycles. The quantitative estimate of drug-likeness (QED) is 0.670. The first-order valence-corrected chi connectivity index (χ1v) is 9.83. The topological polar surface area (TPSA) is 67.5 Å². The van der Waals surface area contributed by atoms with Gasteiger partial charge in [0, 0.05) is 35.1 Å². The fourth-order valence-corrected chi connectivity index (χ4v) is 3.82. The predicted octanol–water partition coefficient (Wildman–Crippen LogP) is 3.57. The Bertz CT molecular complexity index is 736. The Morgan fingerprint density at radius 3 is 2.73 bits per heavy atom. The third-order valence-corrected chi connectivity index (χ3v) is 5.30. The summed E-state index contributed by atoms with van der Waals surface area (Å²) in [6.07, 6.45) is 0.874. The fourth-order valence-electron chi connectivity index (χ4n) is 3.44. The molecule has 0 spiro atoms. The highest BCUT2D eigenvalue weighted by molar-refractivity contribution is 9.10. The van der Waals surface area contributed by atoms with E-state index in [1.165, 1.54) is 0 Å². The number of fused-ring (bicyclic) bond motifs is 1. The summed E-state index contributed by atoms with van der Waals surface area (Å²) in [5.74, 6) is 0.894. The van der Waals surface area contributed by atoms with E-state index in [0.717, 1.165) is 27.8 Å². The second-order valence-electron chi connectivity index (χ2n) is 7.63. The van der Waals surface area contributed by atoms with Crippen molar-refractivity contribution in [1.82, 2.24) is 5.32 Å². The predicted molar refractivity (Wildman–Crippen MR) is 108 cm³/mol. The molecule has 0 aromatic heterocycles. The van der Waals surface area contributed by atoms with Crippen LogP contribution in [0.2, 0.25) is 0 Å². The summed E-state index contributed by atoms with van der Waals surface area (Å²) in [5.41, 5.74) is 8.21. The second kappa shape index (κ2) is 8.09. The molecule has 4 nitrogen and oxygen atoms in total. The van der Waals surface area contributed by atoms with Crippen LogP contribution in [0, 0.1) is 0 Å². The minimum atomic E-state index is -0.614. The molecule has 0 saturated heterocycles. The van der Waals surface area contributed by atoms with E-state index in [-0.39, 0.29) is 17.7 Å². The van der Waals surface area contributed by atoms with Crippen LogP contribution in [0.1, 0.15) is 37.4 Å². The zero-order valence-electron chi connectivity index (χ0n) is 15.3. The highest BCUT2D eigenvalue weighted by Crippen LogP contribution is 2.40. The number of hydrogen-bond acceptors (Lipinski definition) is 4. The van der Waals surface area contributed by atoms with Gasteiger partial charge < -0.3 is 20.9 Å². The van der Waals surface area contributed by atoms with Gasteiger partial charge in [-0.1, -0.05) is 46.3 Å². The molecular weight excluding hydrogens is 392 g/mol. The first kappa shape index (κ1) is 19.4. The largest absolute Gasteiger partial charge is 0.487 e. The van der Waals surface area contributed by atoms with E-state index >= 15 is 0 Å². The van der Waals surface area contributed by atoms with Crippen LogP contribution in [-0.4, -0.2) is 29.4 Å². The van der Waals surface area contributed by atoms with Crippen molar-refractivity contribution in [3.63, 3.8) is 0 Å². The van der Waals surface area contributed by atoms with Crippen molar-refractivity contribution in [1.29, 1.82) is 0 Å². The maximum atomic E-state index is 10.5. The maximum absolute atomic E-state index is 10.5. The summed E-state index contributed by atoms with van der Waals surface area (Å²) in [4.78, 5) is 0. The van der Waals surface area contributed by atoms with Crippen LogP contribution < -0.4 is 15.8 Å². The Morgan fingerprint density at radius 1 is 1.27 bits per heavy atom. The van der Waals surface area contributed by atoms with Gasteiger partial charge in [0.15, 0.2) is 0 Å². The van der Waals surface area contributed by atoms with Gasteiger partial charge in [0.25, 0.3) is 0 Å². The molecular formula is C21H27BrN2O2. The summed E-state index contributed by atoms with van der Waals surface area (Å²) < 4.78 is 7.11. The number of aliphatic hydroxyl groups excluding tert-OH is 1. The first-order valence-electron chi connectivity index (χ1n) is 9.03. The second-order valence-corrected chi connectivity index (χ2v) is 8.55. The molecule has 0 saturated carbocycles. The molecule has 0 fully saturated rings. The lowest BCUT2D eigenvalue weighted by atomic mass is 9.89. The molecule has 3 rings (SSSR count). The third-order valence-electron chi connectivity index (χ3n) is 4.81. The number of benzene rings is 2. The van der Waals surface area contributed by atoms with E-state index in [2.05, 4.69) is 41.2 Å². The number of nitrogens with two attached hydrogens (primary N) is 1. The van der Waals surface area contributed by atoms with E-state index in [1.807, 2.05) is 42.5 Å². The standard InChI is InChI=1S/C21H27BrN2O2/c1-21(2)12-18(16-11-15(22)8-9-20(16)26-21)24-13-19(25)17(23)10-14-6-4-3-5-7-14/h3-9,11,17-19,24-25H,10,12-13,23H2,1-2H3/t17-,18-,19+/m0/s1. The minimum absolute atomic E-state index is 0.116. The molecule has 140 valence electrons. The highest BCUT2D eigenvalue weighted by Gasteiger charge is 2.34. The number of ether oxygens (including phenoxy) is 1. The molecule has 1 aliphatic rings. The molecule has 2 aromatic carbocycles. The van der Waals surface area contributed by atoms with Gasteiger partial charge in [0.05, 0.1) is 6.10 Å². The Morgan fingerprint density at radius 2 is 2.00 bits per heavy atom. The van der Waals surface area contributed by atoms with Gasteiger partial charge in [0.2, 0.25) is 0 Å². The number of nitrogens with one attached hydrogen (secondary N) is 1. The zero-order valence-corrected chi connectivity index (χ0v) is 16.9. The van der Waals surface area contributed by atoms with Gasteiger partial charge in [-0.15, -0.1) is 0 Å². The van der Waals surface area contributed by atoms with E-state index in [0.29, 0.717) is 13.0 Å². The SMILES string of the molecule is CC1(C)C[C@H](NC[C@@H](O)[C@@H](N)Cc2ccccc2)c2cc(Br)ccc2O1. The van der Waals surface area contributed by atoms with Crippen molar-refractivity contribution in [2.24, 2.45) is 5.73 Å². The van der Waals surface area contributed by atoms with Gasteiger partial charge in [0.1, 0.15) is 11.4 Å². The lowest BCUT2D eigenvalue weighted by Crippen LogP contribution is -2.46. The first-order chi connectivity index (χ1) is 12.3. The van der Waals surface area contributed by atoms with E-state index in [4.69, 9.17) is 10.5 Å². The summed E-state index contributed by atoms with van der Waals surface area (Å²) >= 11 is 3.53. The summed E-state index contributed by atoms with van der Waals surface area (Å²) in [6.45, 7) is 4.62. The number of halogens is 1. The molecule has 26 heavy (non-hydrogen) atoms. The summed E-state index contributed by atoms with van der Waals surface area (Å²) in [7, 11) is 0. The van der Waals surface area contributed by atoms with Crippen LogP contribution in [0.25, 0.3) is 0 Å². The molecule has 0 bridgehead atoms. The molecule has 0 radical (unpaired) electrons. The molecule has 2 aromatic rings. The van der Waals surface area contributed by atoms with Gasteiger partial charge >= 0.3 is 0 Å². The van der Waals surface area contributed by atoms with Crippen LogP contribution in [0.5, 0.6) is 5.75 Å². The lowest BCUT2D eigenvalue weighted by Gasteiger charge is -2.38. The Hall–Kier alpha value is -1.40. The minimum Gasteiger partial charge on any atom is -0.487 e. The van der Waals surface area contributed by atoms with E-state index in [9.17, 15) is 5.11 Å². The van der Waals surface area contributed by atoms with Gasteiger partial charge in [-0.05, 0) is 44.0 Å². The summed E-state index contributed by atoms with van der Waals surface area (Å²) in [5, 5.41) is 14.0. The highest BCUT2D eigenvalue weighted by atomic mass is 79.9. The number of aliphatic hydroxyl groups is 1. The van der Waals surface area contributed by atoms with Crippen molar-refractivity contribution in [2.75, 3.05) is 6.54 Å². The Kier molecular flexibility index (Phi) is 6.03. The normalized spacial score (nSPS) is 20.7. The zero-order chi connectivity index (χ0) is 18.7. The average molecular weight is 419 g/mol. The van der Waals surface area contributed by atoms with Crippen molar-refractivity contribution < 1.29 is 9.84 Å². The number of hydrogen-bond donors (Lipinski definition) is 3. The molecule has 4 N–H and O–H groups in total. The number of rotatable bonds is 6. The third kappa shape index (κ3) is 4.86. The van der Waals surface area contributed by atoms with E-state index in [1.54, 1.807) is 0 Å². The Balaban J connectivity index is 1.64. The van der Waals surface area contributed by atoms with Gasteiger partial charge in [-0.25, -0.2) is 0 Å². The summed E-state index contributed by atoms with van der Waals surface area (Å²) in [6, 6.07) is 15.9. The van der Waals surface area contributed by atoms with Crippen molar-refractivity contribution >= 4 is 15.9 Å². The Labute approximate surface area is 163 Å². The van der Waals surface area contributed by atoms with Crippen LogP contribution in [-0.2, 0) is 6.42 Å². The van der Waals surface area contributed by atoms with Crippen LogP contribution >= 0.6 is 15.9 Å². The molecule has 1 heterocycles. The van der Waals surface area contributed by atoms with Crippen LogP contribution in [0.3, 0.4) is 0 Å². The van der Waals surface area contributed by atoms with Crippen molar-refractivity contribution in [2.45, 2.75) is 50.5 Å². The smallest absolute Gasteiger partial charge is 0.124 e.